The minimum Gasteiger partial charge on any atom is -0.434 e. The fraction of sp³-hybridized carbons (Fsp3) is 0.250. The van der Waals surface area contributed by atoms with E-state index in [0.717, 1.165) is 12.1 Å². The van der Waals surface area contributed by atoms with Crippen molar-refractivity contribution in [3.05, 3.63) is 21.1 Å². The molecule has 0 unspecified atom stereocenters. The highest BCUT2D eigenvalue weighted by atomic mass is 79.9. The zero-order chi connectivity index (χ0) is 13.2. The molecular formula is C8H3Br2F5OS. The zero-order valence-electron chi connectivity index (χ0n) is 7.69. The van der Waals surface area contributed by atoms with Crippen LogP contribution >= 0.6 is 43.6 Å². The van der Waals surface area contributed by atoms with Crippen LogP contribution in [0.4, 0.5) is 22.0 Å². The van der Waals surface area contributed by atoms with Gasteiger partial charge in [-0.25, -0.2) is 0 Å². The summed E-state index contributed by atoms with van der Waals surface area (Å²) in [5.74, 6) is -0.530. The van der Waals surface area contributed by atoms with E-state index in [4.69, 9.17) is 0 Å². The van der Waals surface area contributed by atoms with Crippen LogP contribution in [0, 0.1) is 0 Å². The molecule has 17 heavy (non-hydrogen) atoms. The lowest BCUT2D eigenvalue weighted by atomic mass is 10.3. The van der Waals surface area contributed by atoms with Crippen molar-refractivity contribution < 1.29 is 26.7 Å². The monoisotopic (exact) mass is 400 g/mol. The number of thioether (sulfide) groups is 1. The number of hydrogen-bond acceptors (Lipinski definition) is 2. The minimum absolute atomic E-state index is 0.311. The van der Waals surface area contributed by atoms with Gasteiger partial charge in [0.15, 0.2) is 0 Å². The van der Waals surface area contributed by atoms with E-state index < -0.39 is 34.5 Å². The third kappa shape index (κ3) is 5.01. The quantitative estimate of drug-likeness (QED) is 0.493. The maximum atomic E-state index is 12.2. The van der Waals surface area contributed by atoms with E-state index in [2.05, 4.69) is 36.6 Å². The Morgan fingerprint density at radius 3 is 2.12 bits per heavy atom. The summed E-state index contributed by atoms with van der Waals surface area (Å²) < 4.78 is 65.3. The van der Waals surface area contributed by atoms with Crippen LogP contribution in [0.2, 0.25) is 0 Å². The molecule has 9 heteroatoms. The summed E-state index contributed by atoms with van der Waals surface area (Å²) in [6.07, 6.45) is 0. The summed E-state index contributed by atoms with van der Waals surface area (Å²) in [5.41, 5.74) is -4.58. The van der Waals surface area contributed by atoms with Crippen LogP contribution in [0.5, 0.6) is 5.75 Å². The fourth-order valence-corrected chi connectivity index (χ4v) is 2.35. The lowest BCUT2D eigenvalue weighted by molar-refractivity contribution is -0.0528. The number of halogens is 7. The van der Waals surface area contributed by atoms with Gasteiger partial charge in [-0.3, -0.25) is 0 Å². The van der Waals surface area contributed by atoms with Crippen molar-refractivity contribution in [2.24, 2.45) is 0 Å². The van der Waals surface area contributed by atoms with Gasteiger partial charge >= 0.3 is 12.1 Å². The molecule has 1 nitrogen and oxygen atoms in total. The standard InChI is InChI=1S/C8H3Br2F5OS/c9-3-1-5(16-7(11)12)6(2-4(3)10)17-8(13,14)15/h1-2,7H. The Hall–Kier alpha value is -0.0200. The molecule has 0 heterocycles. The molecule has 0 aliphatic carbocycles. The van der Waals surface area contributed by atoms with Gasteiger partial charge in [-0.05, 0) is 55.8 Å². The highest BCUT2D eigenvalue weighted by Crippen LogP contribution is 2.44. The number of alkyl halides is 5. The highest BCUT2D eigenvalue weighted by Gasteiger charge is 2.31. The molecule has 0 atom stereocenters. The molecule has 0 amide bonds. The van der Waals surface area contributed by atoms with Gasteiger partial charge in [0.1, 0.15) is 5.75 Å². The van der Waals surface area contributed by atoms with Crippen LogP contribution in [-0.4, -0.2) is 12.1 Å². The second-order valence-corrected chi connectivity index (χ2v) is 5.45. The summed E-state index contributed by atoms with van der Waals surface area (Å²) in [6, 6.07) is 2.10. The first-order valence-corrected chi connectivity index (χ1v) is 6.29. The molecule has 1 rings (SSSR count). The third-order valence-corrected chi connectivity index (χ3v) is 4.04. The maximum Gasteiger partial charge on any atom is 0.446 e. The van der Waals surface area contributed by atoms with E-state index in [1.54, 1.807) is 0 Å². The van der Waals surface area contributed by atoms with Gasteiger partial charge in [-0.15, -0.1) is 0 Å². The van der Waals surface area contributed by atoms with E-state index in [9.17, 15) is 22.0 Å². The zero-order valence-corrected chi connectivity index (χ0v) is 11.7. The van der Waals surface area contributed by atoms with Crippen LogP contribution in [0.1, 0.15) is 0 Å². The molecule has 1 aromatic carbocycles. The third-order valence-electron chi connectivity index (χ3n) is 1.43. The molecule has 0 radical (unpaired) electrons. The smallest absolute Gasteiger partial charge is 0.434 e. The molecule has 0 N–H and O–H groups in total. The first-order chi connectivity index (χ1) is 7.69. The van der Waals surface area contributed by atoms with Crippen LogP contribution < -0.4 is 4.74 Å². The Bertz CT molecular complexity index is 410. The van der Waals surface area contributed by atoms with Crippen LogP contribution in [0.3, 0.4) is 0 Å². The number of hydrogen-bond donors (Lipinski definition) is 0. The Morgan fingerprint density at radius 1 is 1.12 bits per heavy atom. The maximum absolute atomic E-state index is 12.2. The van der Waals surface area contributed by atoms with E-state index in [-0.39, 0.29) is 0 Å². The summed E-state index contributed by atoms with van der Waals surface area (Å²) in [5, 5.41) is 0. The second-order valence-electron chi connectivity index (χ2n) is 2.64. The number of ether oxygens (including phenoxy) is 1. The van der Waals surface area contributed by atoms with Crippen molar-refractivity contribution in [1.82, 2.24) is 0 Å². The van der Waals surface area contributed by atoms with Gasteiger partial charge in [0.25, 0.3) is 0 Å². The van der Waals surface area contributed by atoms with Gasteiger partial charge in [-0.2, -0.15) is 22.0 Å². The molecule has 0 saturated heterocycles. The average Bonchev–Trinajstić information content (AvgIpc) is 2.10. The lowest BCUT2D eigenvalue weighted by Crippen LogP contribution is -2.05. The van der Waals surface area contributed by atoms with Gasteiger partial charge < -0.3 is 4.74 Å². The van der Waals surface area contributed by atoms with E-state index in [0.29, 0.717) is 8.95 Å². The van der Waals surface area contributed by atoms with Gasteiger partial charge in [0.05, 0.1) is 4.90 Å². The van der Waals surface area contributed by atoms with Gasteiger partial charge in [-0.1, -0.05) is 0 Å². The Balaban J connectivity index is 3.11. The Morgan fingerprint density at radius 2 is 1.65 bits per heavy atom. The molecule has 0 aromatic heterocycles. The highest BCUT2D eigenvalue weighted by molar-refractivity contribution is 9.13. The predicted octanol–water partition coefficient (Wildman–Crippen LogP) is 5.42. The van der Waals surface area contributed by atoms with Crippen molar-refractivity contribution in [2.75, 3.05) is 0 Å². The van der Waals surface area contributed by atoms with Crippen LogP contribution in [-0.2, 0) is 0 Å². The molecule has 0 fully saturated rings. The number of benzene rings is 1. The molecular weight excluding hydrogens is 399 g/mol. The van der Waals surface area contributed by atoms with Gasteiger partial charge in [0.2, 0.25) is 0 Å². The summed E-state index contributed by atoms with van der Waals surface area (Å²) in [6.45, 7) is -3.18. The first-order valence-electron chi connectivity index (χ1n) is 3.88. The van der Waals surface area contributed by atoms with Crippen molar-refractivity contribution in [3.8, 4) is 5.75 Å². The molecule has 0 bridgehead atoms. The summed E-state index contributed by atoms with van der Waals surface area (Å²) in [4.78, 5) is -0.437. The van der Waals surface area contributed by atoms with Crippen molar-refractivity contribution in [1.29, 1.82) is 0 Å². The fourth-order valence-electron chi connectivity index (χ4n) is 0.903. The topological polar surface area (TPSA) is 9.23 Å². The summed E-state index contributed by atoms with van der Waals surface area (Å²) >= 11 is 5.45. The molecule has 0 saturated carbocycles. The summed E-state index contributed by atoms with van der Waals surface area (Å²) in [7, 11) is 0. The average molecular weight is 402 g/mol. The van der Waals surface area contributed by atoms with Crippen LogP contribution in [0.25, 0.3) is 0 Å². The minimum atomic E-state index is -4.58. The van der Waals surface area contributed by atoms with Gasteiger partial charge in [0, 0.05) is 8.95 Å². The van der Waals surface area contributed by atoms with E-state index in [1.807, 2.05) is 0 Å². The van der Waals surface area contributed by atoms with E-state index in [1.165, 1.54) is 0 Å². The first kappa shape index (κ1) is 15.0. The van der Waals surface area contributed by atoms with Crippen molar-refractivity contribution >= 4 is 43.6 Å². The molecule has 0 spiro atoms. The predicted molar refractivity (Wildman–Crippen MR) is 60.4 cm³/mol. The molecule has 96 valence electrons. The molecule has 1 aromatic rings. The molecule has 0 aliphatic heterocycles. The Labute approximate surface area is 114 Å². The lowest BCUT2D eigenvalue weighted by Gasteiger charge is -2.13. The van der Waals surface area contributed by atoms with Crippen LogP contribution in [0.15, 0.2) is 26.0 Å². The largest absolute Gasteiger partial charge is 0.446 e. The molecule has 0 aliphatic rings. The second kappa shape index (κ2) is 5.75. The van der Waals surface area contributed by atoms with Crippen molar-refractivity contribution in [2.45, 2.75) is 17.0 Å². The van der Waals surface area contributed by atoms with Crippen molar-refractivity contribution in [3.63, 3.8) is 0 Å². The Kier molecular flexibility index (Phi) is 5.08. The number of rotatable bonds is 3. The van der Waals surface area contributed by atoms with E-state index >= 15 is 0 Å². The SMILES string of the molecule is FC(F)Oc1cc(Br)c(Br)cc1SC(F)(F)F. The normalized spacial score (nSPS) is 12.0.